The number of halogens is 1. The number of hydrogen-bond acceptors (Lipinski definition) is 7. The van der Waals surface area contributed by atoms with Crippen LogP contribution in [0.1, 0.15) is 35.7 Å². The summed E-state index contributed by atoms with van der Waals surface area (Å²) in [6.45, 7) is 0.540. The molecule has 10 heteroatoms. The topological polar surface area (TPSA) is 105 Å². The van der Waals surface area contributed by atoms with E-state index in [1.54, 1.807) is 7.05 Å². The van der Waals surface area contributed by atoms with Crippen molar-refractivity contribution in [2.75, 3.05) is 6.61 Å². The van der Waals surface area contributed by atoms with Crippen LogP contribution in [0.2, 0.25) is 5.02 Å². The number of pyridine rings is 1. The van der Waals surface area contributed by atoms with Crippen molar-refractivity contribution >= 4 is 22.6 Å². The van der Waals surface area contributed by atoms with Crippen LogP contribution in [0.5, 0.6) is 0 Å². The van der Waals surface area contributed by atoms with Gasteiger partial charge < -0.3 is 13.8 Å². The highest BCUT2D eigenvalue weighted by atomic mass is 35.5. The van der Waals surface area contributed by atoms with Gasteiger partial charge in [-0.3, -0.25) is 14.2 Å². The number of aromatic nitrogens is 5. The number of ether oxygens (including phenoxy) is 1. The number of nitrogens with zero attached hydrogens (tertiary/aromatic N) is 5. The van der Waals surface area contributed by atoms with Gasteiger partial charge in [0.15, 0.2) is 5.82 Å². The van der Waals surface area contributed by atoms with E-state index in [1.165, 1.54) is 27.6 Å². The Balaban J connectivity index is 1.35. The van der Waals surface area contributed by atoms with Crippen molar-refractivity contribution in [1.82, 2.24) is 24.3 Å². The summed E-state index contributed by atoms with van der Waals surface area (Å²) in [6.07, 6.45) is 2.08. The zero-order chi connectivity index (χ0) is 21.5. The fourth-order valence-corrected chi connectivity index (χ4v) is 3.90. The predicted octanol–water partition coefficient (Wildman–Crippen LogP) is 2.43. The van der Waals surface area contributed by atoms with Crippen LogP contribution < -0.4 is 11.1 Å². The van der Waals surface area contributed by atoms with Crippen molar-refractivity contribution in [3.8, 4) is 0 Å². The quantitative estimate of drug-likeness (QED) is 0.480. The molecule has 0 N–H and O–H groups in total. The van der Waals surface area contributed by atoms with Crippen molar-refractivity contribution in [3.05, 3.63) is 85.7 Å². The number of hydrogen-bond donors (Lipinski definition) is 0. The Bertz CT molecular complexity index is 1380. The summed E-state index contributed by atoms with van der Waals surface area (Å²) in [5.74, 6) is 0.820. The molecule has 31 heavy (non-hydrogen) atoms. The van der Waals surface area contributed by atoms with Gasteiger partial charge in [0.2, 0.25) is 5.89 Å². The SMILES string of the molecule is Cn1c(=O)ccc2ncn(Cc3nc([C@@H]4CO[C@@H](c5ccc(Cl)cc5)C4)no3)c(=O)c21. The molecule has 0 unspecified atom stereocenters. The van der Waals surface area contributed by atoms with Gasteiger partial charge in [-0.25, -0.2) is 4.98 Å². The van der Waals surface area contributed by atoms with E-state index in [9.17, 15) is 9.59 Å². The van der Waals surface area contributed by atoms with Gasteiger partial charge in [0.1, 0.15) is 12.1 Å². The maximum absolute atomic E-state index is 12.8. The highest BCUT2D eigenvalue weighted by Crippen LogP contribution is 2.37. The molecule has 3 aromatic heterocycles. The van der Waals surface area contributed by atoms with Crippen LogP contribution in [0.4, 0.5) is 0 Å². The molecular formula is C21H18ClN5O4. The maximum atomic E-state index is 12.8. The lowest BCUT2D eigenvalue weighted by Gasteiger charge is -2.09. The number of rotatable bonds is 4. The average molecular weight is 440 g/mol. The van der Waals surface area contributed by atoms with E-state index in [2.05, 4.69) is 15.1 Å². The van der Waals surface area contributed by atoms with Crippen molar-refractivity contribution in [3.63, 3.8) is 0 Å². The summed E-state index contributed by atoms with van der Waals surface area (Å²) in [4.78, 5) is 33.4. The first-order valence-electron chi connectivity index (χ1n) is 9.74. The Labute approximate surface area is 180 Å². The molecule has 1 saturated heterocycles. The molecule has 0 aliphatic carbocycles. The fraction of sp³-hybridized carbons (Fsp3) is 0.286. The van der Waals surface area contributed by atoms with Gasteiger partial charge in [-0.2, -0.15) is 4.98 Å². The van der Waals surface area contributed by atoms with Gasteiger partial charge >= 0.3 is 0 Å². The minimum Gasteiger partial charge on any atom is -0.373 e. The monoisotopic (exact) mass is 439 g/mol. The van der Waals surface area contributed by atoms with Gasteiger partial charge in [0.25, 0.3) is 11.1 Å². The Kier molecular flexibility index (Phi) is 4.91. The lowest BCUT2D eigenvalue weighted by molar-refractivity contribution is 0.110. The molecule has 4 aromatic rings. The summed E-state index contributed by atoms with van der Waals surface area (Å²) in [6, 6.07) is 10.5. The van der Waals surface area contributed by atoms with Crippen LogP contribution in [0.3, 0.4) is 0 Å². The molecule has 1 aliphatic rings. The van der Waals surface area contributed by atoms with Crippen LogP contribution in [0.15, 0.2) is 56.8 Å². The smallest absolute Gasteiger partial charge is 0.278 e. The van der Waals surface area contributed by atoms with E-state index in [0.29, 0.717) is 23.0 Å². The third-order valence-electron chi connectivity index (χ3n) is 5.49. The Morgan fingerprint density at radius 1 is 1.16 bits per heavy atom. The number of benzene rings is 1. The van der Waals surface area contributed by atoms with Gasteiger partial charge in [0.05, 0.1) is 24.6 Å². The molecule has 158 valence electrons. The van der Waals surface area contributed by atoms with E-state index < -0.39 is 0 Å². The molecule has 0 spiro atoms. The molecule has 0 radical (unpaired) electrons. The minimum absolute atomic E-state index is 0.00884. The summed E-state index contributed by atoms with van der Waals surface area (Å²) >= 11 is 5.95. The Morgan fingerprint density at radius 3 is 2.77 bits per heavy atom. The third-order valence-corrected chi connectivity index (χ3v) is 5.74. The molecule has 2 atom stereocenters. The first-order chi connectivity index (χ1) is 15.0. The summed E-state index contributed by atoms with van der Waals surface area (Å²) in [5.41, 5.74) is 1.10. The number of aryl methyl sites for hydroxylation is 1. The predicted molar refractivity (Wildman–Crippen MR) is 112 cm³/mol. The van der Waals surface area contributed by atoms with Gasteiger partial charge in [-0.1, -0.05) is 28.9 Å². The number of fused-ring (bicyclic) bond motifs is 1. The van der Waals surface area contributed by atoms with Crippen molar-refractivity contribution < 1.29 is 9.26 Å². The molecule has 1 aromatic carbocycles. The van der Waals surface area contributed by atoms with Crippen molar-refractivity contribution in [1.29, 1.82) is 0 Å². The van der Waals surface area contributed by atoms with Crippen LogP contribution in [0, 0.1) is 0 Å². The largest absolute Gasteiger partial charge is 0.373 e. The third kappa shape index (κ3) is 3.66. The minimum atomic E-state index is -0.350. The molecule has 5 rings (SSSR count). The zero-order valence-corrected chi connectivity index (χ0v) is 17.3. The maximum Gasteiger partial charge on any atom is 0.278 e. The summed E-state index contributed by atoms with van der Waals surface area (Å²) in [7, 11) is 1.54. The Morgan fingerprint density at radius 2 is 1.97 bits per heavy atom. The van der Waals surface area contributed by atoms with E-state index in [1.807, 2.05) is 24.3 Å². The average Bonchev–Trinajstić information content (AvgIpc) is 3.43. The molecule has 1 aliphatic heterocycles. The molecule has 0 amide bonds. The second-order valence-corrected chi connectivity index (χ2v) is 7.93. The molecule has 0 saturated carbocycles. The summed E-state index contributed by atoms with van der Waals surface area (Å²) < 4.78 is 13.9. The highest BCUT2D eigenvalue weighted by Gasteiger charge is 2.31. The van der Waals surface area contributed by atoms with Gasteiger partial charge in [-0.15, -0.1) is 0 Å². The van der Waals surface area contributed by atoms with Crippen LogP contribution in [0.25, 0.3) is 11.0 Å². The van der Waals surface area contributed by atoms with E-state index >= 15 is 0 Å². The molecule has 4 heterocycles. The van der Waals surface area contributed by atoms with Gasteiger partial charge in [0, 0.05) is 24.1 Å². The normalized spacial score (nSPS) is 18.6. The van der Waals surface area contributed by atoms with E-state index in [0.717, 1.165) is 12.0 Å². The lowest BCUT2D eigenvalue weighted by Crippen LogP contribution is -2.28. The fourth-order valence-electron chi connectivity index (χ4n) is 3.77. The second-order valence-electron chi connectivity index (χ2n) is 7.49. The molecule has 0 bridgehead atoms. The van der Waals surface area contributed by atoms with Gasteiger partial charge in [-0.05, 0) is 30.2 Å². The first-order valence-corrected chi connectivity index (χ1v) is 10.1. The highest BCUT2D eigenvalue weighted by molar-refractivity contribution is 6.30. The van der Waals surface area contributed by atoms with Crippen molar-refractivity contribution in [2.45, 2.75) is 25.0 Å². The molecular weight excluding hydrogens is 422 g/mol. The second kappa shape index (κ2) is 7.75. The summed E-state index contributed by atoms with van der Waals surface area (Å²) in [5, 5.41) is 4.76. The van der Waals surface area contributed by atoms with Crippen LogP contribution in [-0.2, 0) is 18.3 Å². The van der Waals surface area contributed by atoms with Crippen LogP contribution in [-0.4, -0.2) is 30.9 Å². The van der Waals surface area contributed by atoms with Crippen LogP contribution >= 0.6 is 11.6 Å². The van der Waals surface area contributed by atoms with E-state index in [-0.39, 0.29) is 41.1 Å². The zero-order valence-electron chi connectivity index (χ0n) is 16.6. The standard InChI is InChI=1S/C21H18ClN5O4/c1-26-18(28)7-6-15-19(26)21(29)27(11-23-15)9-17-24-20(25-31-17)13-8-16(30-10-13)12-2-4-14(22)5-3-12/h2-7,11,13,16H,8-10H2,1H3/t13-,16+/m0/s1. The first kappa shape index (κ1) is 19.7. The van der Waals surface area contributed by atoms with E-state index in [4.69, 9.17) is 20.9 Å². The molecule has 9 nitrogen and oxygen atoms in total. The Hall–Kier alpha value is -3.30. The van der Waals surface area contributed by atoms with Crippen molar-refractivity contribution in [2.24, 2.45) is 7.05 Å². The lowest BCUT2D eigenvalue weighted by atomic mass is 10.0. The molecule has 1 fully saturated rings.